The molecule has 0 aliphatic carbocycles. The molecule has 0 spiro atoms. The second-order valence-corrected chi connectivity index (χ2v) is 4.66. The molecule has 0 aromatic heterocycles. The largest absolute Gasteiger partial charge is 0.300 e. The van der Waals surface area contributed by atoms with Crippen LogP contribution in [0.1, 0.15) is 23.6 Å². The molecule has 0 saturated carbocycles. The molecule has 0 amide bonds. The lowest BCUT2D eigenvalue weighted by Gasteiger charge is -2.10. The third-order valence-electron chi connectivity index (χ3n) is 2.24. The molecular weight excluding hydrogens is 263 g/mol. The van der Waals surface area contributed by atoms with Crippen LogP contribution in [0.25, 0.3) is 0 Å². The van der Waals surface area contributed by atoms with E-state index >= 15 is 0 Å². The highest BCUT2D eigenvalue weighted by Crippen LogP contribution is 2.30. The Labute approximate surface area is 97.6 Å². The van der Waals surface area contributed by atoms with Crippen LogP contribution >= 0.6 is 27.5 Å². The Kier molecular flexibility index (Phi) is 3.73. The van der Waals surface area contributed by atoms with Crippen molar-refractivity contribution in [3.63, 3.8) is 0 Å². The number of ketones is 1. The Bertz CT molecular complexity index is 385. The lowest BCUT2D eigenvalue weighted by molar-refractivity contribution is -0.116. The highest BCUT2D eigenvalue weighted by molar-refractivity contribution is 9.10. The normalized spacial score (nSPS) is 10.4. The van der Waals surface area contributed by atoms with Crippen LogP contribution in [0.4, 0.5) is 0 Å². The van der Waals surface area contributed by atoms with E-state index in [1.165, 1.54) is 0 Å². The van der Waals surface area contributed by atoms with Crippen LogP contribution in [0, 0.1) is 13.8 Å². The summed E-state index contributed by atoms with van der Waals surface area (Å²) in [4.78, 5) is 11.0. The monoisotopic (exact) mass is 274 g/mol. The summed E-state index contributed by atoms with van der Waals surface area (Å²) < 4.78 is 1.00. The van der Waals surface area contributed by atoms with Gasteiger partial charge in [-0.1, -0.05) is 27.5 Å². The summed E-state index contributed by atoms with van der Waals surface area (Å²) in [5, 5.41) is 0.707. The Hall–Kier alpha value is -0.340. The molecular formula is C11H12BrClO. The van der Waals surface area contributed by atoms with Gasteiger partial charge in [0.1, 0.15) is 5.78 Å². The van der Waals surface area contributed by atoms with E-state index in [0.29, 0.717) is 11.4 Å². The summed E-state index contributed by atoms with van der Waals surface area (Å²) >= 11 is 9.51. The molecule has 1 nitrogen and oxygen atoms in total. The maximum Gasteiger partial charge on any atom is 0.134 e. The number of halogens is 2. The topological polar surface area (TPSA) is 17.1 Å². The lowest BCUT2D eigenvalue weighted by Crippen LogP contribution is -2.00. The number of rotatable bonds is 2. The molecule has 1 aromatic carbocycles. The first-order valence-electron chi connectivity index (χ1n) is 4.37. The van der Waals surface area contributed by atoms with Crippen molar-refractivity contribution in [3.05, 3.63) is 32.3 Å². The van der Waals surface area contributed by atoms with Gasteiger partial charge in [-0.2, -0.15) is 0 Å². The Morgan fingerprint density at radius 2 is 2.00 bits per heavy atom. The molecule has 1 aromatic rings. The number of Topliss-reactive ketones (excluding diaryl/α,β-unsaturated/α-hetero) is 1. The van der Waals surface area contributed by atoms with Gasteiger partial charge >= 0.3 is 0 Å². The maximum atomic E-state index is 11.0. The summed E-state index contributed by atoms with van der Waals surface area (Å²) in [6.45, 7) is 5.53. The molecule has 0 bridgehead atoms. The smallest absolute Gasteiger partial charge is 0.134 e. The molecule has 1 rings (SSSR count). The highest BCUT2D eigenvalue weighted by atomic mass is 79.9. The predicted octanol–water partition coefficient (Wildman–Crippen LogP) is 3.85. The molecule has 14 heavy (non-hydrogen) atoms. The van der Waals surface area contributed by atoms with Gasteiger partial charge < -0.3 is 0 Å². The second kappa shape index (κ2) is 4.45. The molecule has 0 aliphatic rings. The summed E-state index contributed by atoms with van der Waals surface area (Å²) in [5.74, 6) is 0.153. The molecule has 0 N–H and O–H groups in total. The molecule has 0 unspecified atom stereocenters. The third-order valence-corrected chi connectivity index (χ3v) is 3.82. The zero-order valence-electron chi connectivity index (χ0n) is 8.45. The van der Waals surface area contributed by atoms with Gasteiger partial charge in [-0.3, -0.25) is 4.79 Å². The van der Waals surface area contributed by atoms with E-state index in [4.69, 9.17) is 11.6 Å². The van der Waals surface area contributed by atoms with Crippen molar-refractivity contribution in [1.82, 2.24) is 0 Å². The number of hydrogen-bond acceptors (Lipinski definition) is 1. The van der Waals surface area contributed by atoms with Crippen molar-refractivity contribution in [2.75, 3.05) is 0 Å². The summed E-state index contributed by atoms with van der Waals surface area (Å²) in [5.41, 5.74) is 3.12. The summed E-state index contributed by atoms with van der Waals surface area (Å²) in [6.07, 6.45) is 0.449. The van der Waals surface area contributed by atoms with E-state index in [-0.39, 0.29) is 5.78 Å². The Morgan fingerprint density at radius 1 is 1.43 bits per heavy atom. The van der Waals surface area contributed by atoms with Gasteiger partial charge in [-0.05, 0) is 43.5 Å². The molecule has 0 aliphatic heterocycles. The van der Waals surface area contributed by atoms with Crippen LogP contribution in [0.15, 0.2) is 10.5 Å². The molecule has 0 fully saturated rings. The fraction of sp³-hybridized carbons (Fsp3) is 0.364. The van der Waals surface area contributed by atoms with Crippen molar-refractivity contribution in [1.29, 1.82) is 0 Å². The van der Waals surface area contributed by atoms with Gasteiger partial charge in [-0.25, -0.2) is 0 Å². The Morgan fingerprint density at radius 3 is 2.50 bits per heavy atom. The van der Waals surface area contributed by atoms with Crippen molar-refractivity contribution in [3.8, 4) is 0 Å². The number of benzene rings is 1. The first-order valence-corrected chi connectivity index (χ1v) is 5.54. The maximum absolute atomic E-state index is 11.0. The van der Waals surface area contributed by atoms with Gasteiger partial charge in [0.2, 0.25) is 0 Å². The summed E-state index contributed by atoms with van der Waals surface area (Å²) in [6, 6.07) is 1.87. The van der Waals surface area contributed by atoms with Gasteiger partial charge in [0.25, 0.3) is 0 Å². The molecule has 3 heteroatoms. The fourth-order valence-electron chi connectivity index (χ4n) is 1.35. The average molecular weight is 276 g/mol. The van der Waals surface area contributed by atoms with Crippen LogP contribution < -0.4 is 0 Å². The van der Waals surface area contributed by atoms with Crippen molar-refractivity contribution in [2.45, 2.75) is 27.2 Å². The van der Waals surface area contributed by atoms with Crippen molar-refractivity contribution >= 4 is 33.3 Å². The number of carbonyl (C=O) groups excluding carboxylic acids is 1. The average Bonchev–Trinajstić information content (AvgIpc) is 2.10. The van der Waals surface area contributed by atoms with E-state index in [0.717, 1.165) is 21.2 Å². The van der Waals surface area contributed by atoms with E-state index in [1.54, 1.807) is 6.92 Å². The minimum absolute atomic E-state index is 0.153. The van der Waals surface area contributed by atoms with E-state index in [2.05, 4.69) is 15.9 Å². The van der Waals surface area contributed by atoms with Gasteiger partial charge in [-0.15, -0.1) is 0 Å². The standard InChI is InChI=1S/C11H12BrClO/c1-6(14)4-9-5-10(13)8(3)11(12)7(9)2/h5H,4H2,1-3H3. The molecule has 0 radical (unpaired) electrons. The fourth-order valence-corrected chi connectivity index (χ4v) is 2.16. The second-order valence-electron chi connectivity index (χ2n) is 3.46. The SMILES string of the molecule is CC(=O)Cc1cc(Cl)c(C)c(Br)c1C. The zero-order chi connectivity index (χ0) is 10.9. The molecule has 76 valence electrons. The molecule has 0 saturated heterocycles. The predicted molar refractivity (Wildman–Crippen MR) is 63.0 cm³/mol. The van der Waals surface area contributed by atoms with Crippen molar-refractivity contribution < 1.29 is 4.79 Å². The van der Waals surface area contributed by atoms with Crippen LogP contribution in [0.3, 0.4) is 0 Å². The van der Waals surface area contributed by atoms with Gasteiger partial charge in [0.15, 0.2) is 0 Å². The number of hydrogen-bond donors (Lipinski definition) is 0. The van der Waals surface area contributed by atoms with Gasteiger partial charge in [0.05, 0.1) is 0 Å². The van der Waals surface area contributed by atoms with Crippen LogP contribution in [-0.4, -0.2) is 5.78 Å². The first-order chi connectivity index (χ1) is 6.43. The number of carbonyl (C=O) groups is 1. The quantitative estimate of drug-likeness (QED) is 0.801. The van der Waals surface area contributed by atoms with Crippen LogP contribution in [-0.2, 0) is 11.2 Å². The summed E-state index contributed by atoms with van der Waals surface area (Å²) in [7, 11) is 0. The van der Waals surface area contributed by atoms with E-state index < -0.39 is 0 Å². The van der Waals surface area contributed by atoms with Crippen molar-refractivity contribution in [2.24, 2.45) is 0 Å². The van der Waals surface area contributed by atoms with E-state index in [9.17, 15) is 4.79 Å². The van der Waals surface area contributed by atoms with Crippen LogP contribution in [0.5, 0.6) is 0 Å². The Balaban J connectivity index is 3.25. The minimum Gasteiger partial charge on any atom is -0.300 e. The van der Waals surface area contributed by atoms with Crippen LogP contribution in [0.2, 0.25) is 5.02 Å². The first kappa shape index (κ1) is 11.7. The van der Waals surface area contributed by atoms with Gasteiger partial charge in [0, 0.05) is 15.9 Å². The zero-order valence-corrected chi connectivity index (χ0v) is 10.8. The highest BCUT2D eigenvalue weighted by Gasteiger charge is 2.10. The molecule has 0 heterocycles. The molecule has 0 atom stereocenters. The van der Waals surface area contributed by atoms with E-state index in [1.807, 2.05) is 19.9 Å². The lowest BCUT2D eigenvalue weighted by atomic mass is 10.0. The third kappa shape index (κ3) is 2.37. The minimum atomic E-state index is 0.153.